The first-order valence-corrected chi connectivity index (χ1v) is 8.38. The van der Waals surface area contributed by atoms with Gasteiger partial charge in [-0.05, 0) is 0 Å². The third-order valence-electron chi connectivity index (χ3n) is 1.95. The average Bonchev–Trinajstić information content (AvgIpc) is 2.26. The molecule has 0 aliphatic carbocycles. The quantitative estimate of drug-likeness (QED) is 0.636. The molecule has 0 aromatic heterocycles. The molecule has 1 N–H and O–H groups in total. The van der Waals surface area contributed by atoms with Crippen molar-refractivity contribution in [1.29, 1.82) is 0 Å². The number of benzene rings is 1. The van der Waals surface area contributed by atoms with Gasteiger partial charge in [0.25, 0.3) is 10.1 Å². The largest absolute Gasteiger partial charge is 0.300 e. The molecule has 0 fully saturated rings. The van der Waals surface area contributed by atoms with Gasteiger partial charge < -0.3 is 0 Å². The highest BCUT2D eigenvalue weighted by atomic mass is 32.2. The van der Waals surface area contributed by atoms with Crippen molar-refractivity contribution in [1.82, 2.24) is 5.25 Å². The van der Waals surface area contributed by atoms with Crippen LogP contribution in [0.1, 0.15) is 6.92 Å². The molecular weight excluding hydrogens is 249 g/mol. The van der Waals surface area contributed by atoms with Gasteiger partial charge in [0.2, 0.25) is 0 Å². The van der Waals surface area contributed by atoms with Gasteiger partial charge in [0.1, 0.15) is 0 Å². The van der Waals surface area contributed by atoms with E-state index in [-0.39, 0.29) is 6.16 Å². The molecule has 1 unspecified atom stereocenters. The third kappa shape index (κ3) is 3.72. The second-order valence-electron chi connectivity index (χ2n) is 3.27. The second kappa shape index (κ2) is 5.10. The Bertz CT molecular complexity index is 485. The van der Waals surface area contributed by atoms with E-state index < -0.39 is 17.4 Å². The summed E-state index contributed by atoms with van der Waals surface area (Å²) >= 11 is 0. The molecule has 0 spiro atoms. The van der Waals surface area contributed by atoms with E-state index in [2.05, 4.69) is 9.53 Å². The maximum absolute atomic E-state index is 12.3. The summed E-state index contributed by atoms with van der Waals surface area (Å²) in [5, 5.41) is 2.71. The van der Waals surface area contributed by atoms with Gasteiger partial charge in [0.05, 0.1) is 6.26 Å². The Kier molecular flexibility index (Phi) is 4.27. The fourth-order valence-corrected chi connectivity index (χ4v) is 3.37. The van der Waals surface area contributed by atoms with Crippen LogP contribution in [-0.4, -0.2) is 20.8 Å². The molecule has 0 radical (unpaired) electrons. The van der Waals surface area contributed by atoms with E-state index in [1.165, 1.54) is 0 Å². The lowest BCUT2D eigenvalue weighted by molar-refractivity contribution is 0.277. The van der Waals surface area contributed by atoms with Crippen LogP contribution >= 0.6 is 7.29 Å². The van der Waals surface area contributed by atoms with Gasteiger partial charge in [-0.2, -0.15) is 12.7 Å². The Morgan fingerprint density at radius 3 is 2.31 bits per heavy atom. The van der Waals surface area contributed by atoms with E-state index >= 15 is 0 Å². The smallest absolute Gasteiger partial charge is 0.280 e. The molecule has 0 bridgehead atoms. The van der Waals surface area contributed by atoms with Crippen molar-refractivity contribution in [3.8, 4) is 0 Å². The fraction of sp³-hybridized carbons (Fsp3) is 0.333. The summed E-state index contributed by atoms with van der Waals surface area (Å²) in [6.07, 6.45) is 1.16. The van der Waals surface area contributed by atoms with Gasteiger partial charge in [-0.15, -0.1) is 5.25 Å². The zero-order valence-corrected chi connectivity index (χ0v) is 10.8. The Morgan fingerprint density at radius 2 is 1.88 bits per heavy atom. The summed E-state index contributed by atoms with van der Waals surface area (Å²) in [5.41, 5.74) is 0. The Hall–Kier alpha value is -0.680. The Labute approximate surface area is 95.3 Å². The molecule has 90 valence electrons. The monoisotopic (exact) mass is 263 g/mol. The summed E-state index contributed by atoms with van der Waals surface area (Å²) in [4.78, 5) is 0. The van der Waals surface area contributed by atoms with Crippen molar-refractivity contribution in [2.45, 2.75) is 6.92 Å². The first-order valence-electron chi connectivity index (χ1n) is 4.68. The summed E-state index contributed by atoms with van der Waals surface area (Å²) < 4.78 is 38.4. The first-order chi connectivity index (χ1) is 7.37. The van der Waals surface area contributed by atoms with Gasteiger partial charge >= 0.3 is 0 Å². The molecule has 0 amide bonds. The minimum absolute atomic E-state index is 0.270. The van der Waals surface area contributed by atoms with Crippen molar-refractivity contribution in [2.75, 3.05) is 12.4 Å². The lowest BCUT2D eigenvalue weighted by Crippen LogP contribution is -2.24. The summed E-state index contributed by atoms with van der Waals surface area (Å²) in [5.74, 6) is 0. The maximum Gasteiger partial charge on any atom is 0.280 e. The topological polar surface area (TPSA) is 72.5 Å². The molecule has 7 heteroatoms. The minimum Gasteiger partial charge on any atom is -0.300 e. The zero-order valence-electron chi connectivity index (χ0n) is 9.08. The van der Waals surface area contributed by atoms with E-state index in [9.17, 15) is 13.0 Å². The average molecular weight is 263 g/mol. The highest BCUT2D eigenvalue weighted by molar-refractivity contribution is 7.86. The summed E-state index contributed by atoms with van der Waals surface area (Å²) in [6, 6.07) is 8.60. The summed E-state index contributed by atoms with van der Waals surface area (Å²) in [7, 11) is -6.66. The lowest BCUT2D eigenvalue weighted by atomic mass is 10.4. The van der Waals surface area contributed by atoms with Gasteiger partial charge in [0, 0.05) is 11.5 Å². The molecule has 5 nitrogen and oxygen atoms in total. The fourth-order valence-electron chi connectivity index (χ4n) is 1.10. The van der Waals surface area contributed by atoms with Gasteiger partial charge in [-0.3, -0.25) is 4.57 Å². The van der Waals surface area contributed by atoms with Gasteiger partial charge in [-0.1, -0.05) is 37.3 Å². The van der Waals surface area contributed by atoms with Crippen LogP contribution in [0.4, 0.5) is 0 Å². The normalized spacial score (nSPS) is 15.6. The molecule has 16 heavy (non-hydrogen) atoms. The van der Waals surface area contributed by atoms with Crippen LogP contribution in [0.3, 0.4) is 0 Å². The van der Waals surface area contributed by atoms with E-state index in [0.717, 1.165) is 6.26 Å². The van der Waals surface area contributed by atoms with Gasteiger partial charge in [0.15, 0.2) is 7.29 Å². The van der Waals surface area contributed by atoms with Crippen molar-refractivity contribution in [2.24, 2.45) is 0 Å². The second-order valence-corrected chi connectivity index (χ2v) is 7.66. The van der Waals surface area contributed by atoms with E-state index in [1.54, 1.807) is 37.3 Å². The molecule has 1 aromatic carbocycles. The SMILES string of the molecule is CCP(=O)(NOS(C)(=O)=O)c1ccccc1. The van der Waals surface area contributed by atoms with Crippen LogP contribution in [0, 0.1) is 0 Å². The third-order valence-corrected chi connectivity index (χ3v) is 4.87. The van der Waals surface area contributed by atoms with E-state index in [1.807, 2.05) is 0 Å². The molecule has 0 saturated heterocycles. The van der Waals surface area contributed by atoms with E-state index in [4.69, 9.17) is 0 Å². The van der Waals surface area contributed by atoms with Crippen molar-refractivity contribution >= 4 is 22.7 Å². The van der Waals surface area contributed by atoms with Crippen LogP contribution in [0.25, 0.3) is 0 Å². The predicted octanol–water partition coefficient (Wildman–Crippen LogP) is 1.09. The van der Waals surface area contributed by atoms with Crippen molar-refractivity contribution in [3.05, 3.63) is 30.3 Å². The van der Waals surface area contributed by atoms with Crippen LogP contribution in [0.2, 0.25) is 0 Å². The van der Waals surface area contributed by atoms with Crippen LogP contribution in [0.5, 0.6) is 0 Å². The lowest BCUT2D eigenvalue weighted by Gasteiger charge is -2.16. The molecule has 1 atom stereocenters. The Morgan fingerprint density at radius 1 is 1.31 bits per heavy atom. The van der Waals surface area contributed by atoms with Crippen LogP contribution < -0.4 is 10.6 Å². The number of hydrogen-bond acceptors (Lipinski definition) is 4. The standard InChI is InChI=1S/C9H14NO4PS/c1-3-15(11,10-14-16(2,12)13)9-7-5-4-6-8-9/h4-8H,3H2,1-2H3,(H,10,11). The highest BCUT2D eigenvalue weighted by Crippen LogP contribution is 2.38. The molecule has 1 rings (SSSR count). The molecule has 0 aliphatic rings. The molecule has 0 saturated carbocycles. The first kappa shape index (κ1) is 13.4. The molecule has 0 heterocycles. The van der Waals surface area contributed by atoms with Crippen LogP contribution in [0.15, 0.2) is 30.3 Å². The van der Waals surface area contributed by atoms with Crippen LogP contribution in [-0.2, 0) is 19.0 Å². The van der Waals surface area contributed by atoms with E-state index in [0.29, 0.717) is 5.30 Å². The van der Waals surface area contributed by atoms with Crippen molar-refractivity contribution in [3.63, 3.8) is 0 Å². The number of rotatable bonds is 5. The highest BCUT2D eigenvalue weighted by Gasteiger charge is 2.24. The molecule has 1 aromatic rings. The molecule has 0 aliphatic heterocycles. The predicted molar refractivity (Wildman–Crippen MR) is 63.3 cm³/mol. The van der Waals surface area contributed by atoms with Crippen molar-refractivity contribution < 1.29 is 17.3 Å². The molecular formula is C9H14NO4PS. The Balaban J connectivity index is 2.92. The minimum atomic E-state index is -3.66. The number of nitrogens with one attached hydrogen (secondary N) is 1. The maximum atomic E-state index is 12.3. The summed E-state index contributed by atoms with van der Waals surface area (Å²) in [6.45, 7) is 1.70. The zero-order chi connectivity index (χ0) is 12.2. The van der Waals surface area contributed by atoms with Gasteiger partial charge in [-0.25, -0.2) is 0 Å². The number of hydrogen-bond donors (Lipinski definition) is 1.